The molecule has 2 saturated heterocycles. The maximum atomic E-state index is 14.6. The van der Waals surface area contributed by atoms with E-state index in [-0.39, 0.29) is 29.7 Å². The highest BCUT2D eigenvalue weighted by Gasteiger charge is 2.44. The summed E-state index contributed by atoms with van der Waals surface area (Å²) in [5.74, 6) is -0.889. The van der Waals surface area contributed by atoms with E-state index in [1.807, 2.05) is 45.0 Å². The minimum Gasteiger partial charge on any atom is -0.444 e. The van der Waals surface area contributed by atoms with Crippen LogP contribution < -0.4 is 10.2 Å². The molecule has 210 valence electrons. The van der Waals surface area contributed by atoms with Crippen LogP contribution in [0.4, 0.5) is 20.6 Å². The normalized spacial score (nSPS) is 19.4. The van der Waals surface area contributed by atoms with E-state index in [9.17, 15) is 14.0 Å². The smallest absolute Gasteiger partial charge is 0.410 e. The Bertz CT molecular complexity index is 1640. The van der Waals surface area contributed by atoms with Crippen molar-refractivity contribution in [1.82, 2.24) is 24.1 Å². The first-order valence-electron chi connectivity index (χ1n) is 13.7. The second-order valence-corrected chi connectivity index (χ2v) is 11.8. The number of anilines is 2. The zero-order valence-electron chi connectivity index (χ0n) is 23.4. The van der Waals surface area contributed by atoms with Crippen molar-refractivity contribution in [3.05, 3.63) is 53.9 Å². The Morgan fingerprint density at radius 1 is 1.10 bits per heavy atom. The van der Waals surface area contributed by atoms with E-state index in [0.717, 1.165) is 36.9 Å². The molecule has 0 spiro atoms. The monoisotopic (exact) mass is 547 g/mol. The standard InChI is InChI=1S/C29H34FN7O3/c1-17-14-35-15-18(13-21(30)26(35)31-17)32-27(38)19-8-9-22(20-16-34(5)33-25(19)20)36-12-10-24-23(36)7-6-11-37(24)28(39)40-29(2,3)4/h8-9,13-16,23-24H,6-7,10-12H2,1-5H3,(H,32,38). The number of carbonyl (C=O) groups excluding carboxylic acids is 2. The van der Waals surface area contributed by atoms with Crippen molar-refractivity contribution in [2.24, 2.45) is 7.05 Å². The highest BCUT2D eigenvalue weighted by Crippen LogP contribution is 2.39. The highest BCUT2D eigenvalue weighted by molar-refractivity contribution is 6.14. The van der Waals surface area contributed by atoms with Crippen molar-refractivity contribution in [3.63, 3.8) is 0 Å². The maximum Gasteiger partial charge on any atom is 0.410 e. The Kier molecular flexibility index (Phi) is 6.19. The Hall–Kier alpha value is -4.15. The van der Waals surface area contributed by atoms with Crippen LogP contribution in [0.2, 0.25) is 0 Å². The Morgan fingerprint density at radius 3 is 2.67 bits per heavy atom. The Morgan fingerprint density at radius 2 is 1.90 bits per heavy atom. The number of pyridine rings is 1. The summed E-state index contributed by atoms with van der Waals surface area (Å²) in [6, 6.07) is 5.22. The number of rotatable bonds is 3. The predicted octanol–water partition coefficient (Wildman–Crippen LogP) is 4.90. The number of amides is 2. The van der Waals surface area contributed by atoms with Crippen LogP contribution >= 0.6 is 0 Å². The molecule has 1 aromatic carbocycles. The molecule has 1 N–H and O–H groups in total. The first-order valence-corrected chi connectivity index (χ1v) is 13.7. The number of hydrogen-bond donors (Lipinski definition) is 1. The quantitative estimate of drug-likeness (QED) is 0.392. The fraction of sp³-hybridized carbons (Fsp3) is 0.448. The minimum atomic E-state index is -0.546. The van der Waals surface area contributed by atoms with Crippen molar-refractivity contribution in [1.29, 1.82) is 0 Å². The van der Waals surface area contributed by atoms with Crippen molar-refractivity contribution >= 4 is 39.9 Å². The van der Waals surface area contributed by atoms with Crippen LogP contribution in [0, 0.1) is 12.7 Å². The summed E-state index contributed by atoms with van der Waals surface area (Å²) in [6.07, 6.45) is 7.71. The third-order valence-corrected chi connectivity index (χ3v) is 7.64. The van der Waals surface area contributed by atoms with Gasteiger partial charge in [0.2, 0.25) is 0 Å². The number of benzene rings is 1. The Balaban J connectivity index is 1.29. The summed E-state index contributed by atoms with van der Waals surface area (Å²) < 4.78 is 23.6. The number of aromatic nitrogens is 4. The number of nitrogens with zero attached hydrogens (tertiary/aromatic N) is 6. The number of likely N-dealkylation sites (tertiary alicyclic amines) is 1. The zero-order valence-corrected chi connectivity index (χ0v) is 23.4. The molecule has 2 aliphatic heterocycles. The van der Waals surface area contributed by atoms with Crippen molar-refractivity contribution in [2.75, 3.05) is 23.3 Å². The molecule has 2 aliphatic rings. The first-order chi connectivity index (χ1) is 19.0. The molecule has 2 fully saturated rings. The van der Waals surface area contributed by atoms with Crippen LogP contribution in [0.15, 0.2) is 36.8 Å². The van der Waals surface area contributed by atoms with Gasteiger partial charge in [-0.05, 0) is 59.1 Å². The van der Waals surface area contributed by atoms with E-state index in [1.165, 1.54) is 6.07 Å². The molecule has 0 aliphatic carbocycles. The van der Waals surface area contributed by atoms with E-state index >= 15 is 0 Å². The lowest BCUT2D eigenvalue weighted by atomic mass is 9.96. The maximum absolute atomic E-state index is 14.6. The zero-order chi connectivity index (χ0) is 28.3. The number of nitrogens with one attached hydrogen (secondary N) is 1. The molecule has 3 aromatic heterocycles. The van der Waals surface area contributed by atoms with Crippen molar-refractivity contribution in [2.45, 2.75) is 64.6 Å². The molecule has 11 heteroatoms. The Labute approximate surface area is 231 Å². The van der Waals surface area contributed by atoms with Crippen LogP contribution in [0.1, 0.15) is 56.1 Å². The molecule has 10 nitrogen and oxygen atoms in total. The average molecular weight is 548 g/mol. The van der Waals surface area contributed by atoms with Gasteiger partial charge in [0.25, 0.3) is 5.91 Å². The van der Waals surface area contributed by atoms with Crippen LogP contribution in [0.25, 0.3) is 16.6 Å². The molecule has 6 rings (SSSR count). The van der Waals surface area contributed by atoms with Gasteiger partial charge in [-0.3, -0.25) is 9.48 Å². The fourth-order valence-corrected chi connectivity index (χ4v) is 6.12. The number of carbonyl (C=O) groups is 2. The lowest BCUT2D eigenvalue weighted by molar-refractivity contribution is 0.00957. The van der Waals surface area contributed by atoms with Crippen molar-refractivity contribution < 1.29 is 18.7 Å². The molecular weight excluding hydrogens is 513 g/mol. The molecular formula is C29H34FN7O3. The molecule has 2 atom stereocenters. The number of hydrogen-bond acceptors (Lipinski definition) is 6. The van der Waals surface area contributed by atoms with Gasteiger partial charge in [0.05, 0.1) is 23.0 Å². The van der Waals surface area contributed by atoms with Gasteiger partial charge < -0.3 is 24.3 Å². The summed E-state index contributed by atoms with van der Waals surface area (Å²) >= 11 is 0. The lowest BCUT2D eigenvalue weighted by Crippen LogP contribution is -2.53. The molecule has 4 aromatic rings. The fourth-order valence-electron chi connectivity index (χ4n) is 6.12. The topological polar surface area (TPSA) is 97.0 Å². The number of imidazole rings is 1. The number of fused-ring (bicyclic) bond motifs is 3. The van der Waals surface area contributed by atoms with Crippen LogP contribution in [0.5, 0.6) is 0 Å². The minimum absolute atomic E-state index is 0.0647. The van der Waals surface area contributed by atoms with E-state index in [1.54, 1.807) is 34.5 Å². The van der Waals surface area contributed by atoms with Gasteiger partial charge in [0.1, 0.15) is 11.1 Å². The number of piperidine rings is 1. The van der Waals surface area contributed by atoms with E-state index in [0.29, 0.717) is 29.0 Å². The molecule has 0 bridgehead atoms. The van der Waals surface area contributed by atoms with Gasteiger partial charge in [-0.2, -0.15) is 5.10 Å². The molecule has 2 unspecified atom stereocenters. The third kappa shape index (κ3) is 4.63. The van der Waals surface area contributed by atoms with Crippen LogP contribution in [0.3, 0.4) is 0 Å². The van der Waals surface area contributed by atoms with Gasteiger partial charge >= 0.3 is 6.09 Å². The second kappa shape index (κ2) is 9.50. The van der Waals surface area contributed by atoms with Gasteiger partial charge in [0.15, 0.2) is 11.5 Å². The third-order valence-electron chi connectivity index (χ3n) is 7.64. The number of halogens is 1. The molecule has 40 heavy (non-hydrogen) atoms. The number of ether oxygens (including phenoxy) is 1. The molecule has 0 saturated carbocycles. The van der Waals surface area contributed by atoms with Crippen molar-refractivity contribution in [3.8, 4) is 0 Å². The van der Waals surface area contributed by atoms with Gasteiger partial charge in [-0.1, -0.05) is 0 Å². The SMILES string of the molecule is Cc1cn2cc(NC(=O)c3ccc(N4CCC5C4CCCN5C(=O)OC(C)(C)C)c4cn(C)nc34)cc(F)c2n1. The first kappa shape index (κ1) is 26.1. The summed E-state index contributed by atoms with van der Waals surface area (Å²) in [7, 11) is 1.83. The largest absolute Gasteiger partial charge is 0.444 e. The lowest BCUT2D eigenvalue weighted by Gasteiger charge is -2.41. The summed E-state index contributed by atoms with van der Waals surface area (Å²) in [5.41, 5.74) is 2.63. The summed E-state index contributed by atoms with van der Waals surface area (Å²) in [4.78, 5) is 34.8. The predicted molar refractivity (Wildman–Crippen MR) is 150 cm³/mol. The van der Waals surface area contributed by atoms with Gasteiger partial charge in [-0.15, -0.1) is 0 Å². The highest BCUT2D eigenvalue weighted by atomic mass is 19.1. The van der Waals surface area contributed by atoms with E-state index in [4.69, 9.17) is 4.74 Å². The summed E-state index contributed by atoms with van der Waals surface area (Å²) in [6.45, 7) is 8.92. The van der Waals surface area contributed by atoms with E-state index < -0.39 is 11.4 Å². The van der Waals surface area contributed by atoms with Crippen LogP contribution in [-0.2, 0) is 11.8 Å². The average Bonchev–Trinajstić information content (AvgIpc) is 3.57. The molecule has 0 radical (unpaired) electrons. The molecule has 5 heterocycles. The second-order valence-electron chi connectivity index (χ2n) is 11.8. The summed E-state index contributed by atoms with van der Waals surface area (Å²) in [5, 5.41) is 8.30. The van der Waals surface area contributed by atoms with Gasteiger partial charge in [-0.25, -0.2) is 14.2 Å². The van der Waals surface area contributed by atoms with Gasteiger partial charge in [0, 0.05) is 61.9 Å². The van der Waals surface area contributed by atoms with E-state index in [2.05, 4.69) is 20.3 Å². The van der Waals surface area contributed by atoms with Crippen LogP contribution in [-0.4, -0.2) is 66.8 Å². The molecule has 2 amide bonds. The number of aryl methyl sites for hydroxylation is 2.